The summed E-state index contributed by atoms with van der Waals surface area (Å²) in [5, 5.41) is 5.54. The number of benzene rings is 2. The standard InChI is InChI=1S/C22H17BrFN3O2/c23-18-5-6-20(24)17(13-18)4-7-21(28)26-14-15-2-1-3-19(12-15)27-22(29)16-8-10-25-11-9-16/h1-13H,14H2,(H,26,28)(H,27,29). The Balaban J connectivity index is 1.57. The molecule has 7 heteroatoms. The molecule has 0 radical (unpaired) electrons. The average Bonchev–Trinajstić information content (AvgIpc) is 2.74. The first-order valence-corrected chi connectivity index (χ1v) is 9.52. The van der Waals surface area contributed by atoms with Gasteiger partial charge in [0.1, 0.15) is 5.82 Å². The number of anilines is 1. The van der Waals surface area contributed by atoms with Crippen LogP contribution in [0.3, 0.4) is 0 Å². The van der Waals surface area contributed by atoms with Gasteiger partial charge in [0, 0.05) is 46.3 Å². The molecule has 3 aromatic rings. The lowest BCUT2D eigenvalue weighted by Gasteiger charge is -2.08. The van der Waals surface area contributed by atoms with Crippen LogP contribution in [0.4, 0.5) is 10.1 Å². The zero-order valence-corrected chi connectivity index (χ0v) is 16.8. The number of hydrogen-bond donors (Lipinski definition) is 2. The van der Waals surface area contributed by atoms with Crippen LogP contribution < -0.4 is 10.6 Å². The van der Waals surface area contributed by atoms with E-state index < -0.39 is 5.82 Å². The third-order valence-corrected chi connectivity index (χ3v) is 4.46. The molecule has 0 aliphatic heterocycles. The third kappa shape index (κ3) is 6.08. The maximum absolute atomic E-state index is 13.7. The van der Waals surface area contributed by atoms with E-state index in [1.54, 1.807) is 54.9 Å². The van der Waals surface area contributed by atoms with Crippen molar-refractivity contribution < 1.29 is 14.0 Å². The Morgan fingerprint density at radius 2 is 1.86 bits per heavy atom. The van der Waals surface area contributed by atoms with Gasteiger partial charge in [-0.05, 0) is 54.1 Å². The van der Waals surface area contributed by atoms with Crippen LogP contribution in [0.5, 0.6) is 0 Å². The minimum atomic E-state index is -0.408. The topological polar surface area (TPSA) is 71.1 Å². The molecule has 29 heavy (non-hydrogen) atoms. The fourth-order valence-electron chi connectivity index (χ4n) is 2.52. The number of aromatic nitrogens is 1. The molecule has 1 heterocycles. The molecular weight excluding hydrogens is 437 g/mol. The van der Waals surface area contributed by atoms with Crippen LogP contribution in [-0.4, -0.2) is 16.8 Å². The summed E-state index contributed by atoms with van der Waals surface area (Å²) in [6.07, 6.45) is 5.80. The van der Waals surface area contributed by atoms with Crippen molar-refractivity contribution in [2.75, 3.05) is 5.32 Å². The fraction of sp³-hybridized carbons (Fsp3) is 0.0455. The quantitative estimate of drug-likeness (QED) is 0.537. The Morgan fingerprint density at radius 3 is 2.66 bits per heavy atom. The van der Waals surface area contributed by atoms with Gasteiger partial charge in [-0.1, -0.05) is 28.1 Å². The summed E-state index contributed by atoms with van der Waals surface area (Å²) in [4.78, 5) is 28.1. The Bertz CT molecular complexity index is 1050. The van der Waals surface area contributed by atoms with E-state index in [0.717, 1.165) is 10.0 Å². The summed E-state index contributed by atoms with van der Waals surface area (Å²) in [5.74, 6) is -1.00. The number of nitrogens with zero attached hydrogens (tertiary/aromatic N) is 1. The summed E-state index contributed by atoms with van der Waals surface area (Å²) in [5.41, 5.74) is 2.25. The zero-order chi connectivity index (χ0) is 20.6. The Labute approximate surface area is 175 Å². The van der Waals surface area contributed by atoms with Crippen molar-refractivity contribution in [3.63, 3.8) is 0 Å². The lowest BCUT2D eigenvalue weighted by Crippen LogP contribution is -2.20. The fourth-order valence-corrected chi connectivity index (χ4v) is 2.90. The van der Waals surface area contributed by atoms with Crippen LogP contribution >= 0.6 is 15.9 Å². The van der Waals surface area contributed by atoms with E-state index in [4.69, 9.17) is 0 Å². The molecule has 146 valence electrons. The van der Waals surface area contributed by atoms with E-state index in [1.165, 1.54) is 18.2 Å². The van der Waals surface area contributed by atoms with Crippen molar-refractivity contribution >= 4 is 39.5 Å². The summed E-state index contributed by atoms with van der Waals surface area (Å²) < 4.78 is 14.4. The second-order valence-electron chi connectivity index (χ2n) is 6.11. The van der Waals surface area contributed by atoms with Crippen LogP contribution in [-0.2, 0) is 11.3 Å². The number of amides is 2. The maximum atomic E-state index is 13.7. The highest BCUT2D eigenvalue weighted by Crippen LogP contribution is 2.17. The molecular formula is C22H17BrFN3O2. The van der Waals surface area contributed by atoms with E-state index in [9.17, 15) is 14.0 Å². The molecule has 0 unspecified atom stereocenters. The largest absolute Gasteiger partial charge is 0.348 e. The van der Waals surface area contributed by atoms with Crippen LogP contribution in [0, 0.1) is 5.82 Å². The van der Waals surface area contributed by atoms with Crippen LogP contribution in [0.2, 0.25) is 0 Å². The molecule has 0 spiro atoms. The molecule has 2 amide bonds. The van der Waals surface area contributed by atoms with Crippen molar-refractivity contribution in [1.29, 1.82) is 0 Å². The van der Waals surface area contributed by atoms with E-state index in [-0.39, 0.29) is 18.4 Å². The lowest BCUT2D eigenvalue weighted by molar-refractivity contribution is -0.116. The highest BCUT2D eigenvalue weighted by Gasteiger charge is 2.06. The molecule has 2 N–H and O–H groups in total. The molecule has 0 bridgehead atoms. The summed E-state index contributed by atoms with van der Waals surface area (Å²) in [6.45, 7) is 0.267. The first kappa shape index (κ1) is 20.4. The van der Waals surface area contributed by atoms with Gasteiger partial charge in [0.05, 0.1) is 0 Å². The molecule has 0 saturated heterocycles. The van der Waals surface area contributed by atoms with Gasteiger partial charge >= 0.3 is 0 Å². The Kier molecular flexibility index (Phi) is 6.86. The van der Waals surface area contributed by atoms with Gasteiger partial charge in [-0.25, -0.2) is 4.39 Å². The van der Waals surface area contributed by atoms with E-state index in [0.29, 0.717) is 16.8 Å². The van der Waals surface area contributed by atoms with Gasteiger partial charge in [0.15, 0.2) is 0 Å². The molecule has 0 saturated carbocycles. The predicted octanol–water partition coefficient (Wildman–Crippen LogP) is 4.57. The smallest absolute Gasteiger partial charge is 0.255 e. The van der Waals surface area contributed by atoms with E-state index in [1.807, 2.05) is 6.07 Å². The normalized spacial score (nSPS) is 10.7. The molecule has 1 aromatic heterocycles. The molecule has 3 rings (SSSR count). The average molecular weight is 454 g/mol. The van der Waals surface area contributed by atoms with Gasteiger partial charge in [-0.3, -0.25) is 14.6 Å². The minimum Gasteiger partial charge on any atom is -0.348 e. The zero-order valence-electron chi connectivity index (χ0n) is 15.2. The number of rotatable bonds is 6. The molecule has 2 aromatic carbocycles. The van der Waals surface area contributed by atoms with Gasteiger partial charge < -0.3 is 10.6 Å². The van der Waals surface area contributed by atoms with Gasteiger partial charge in [0.2, 0.25) is 5.91 Å². The van der Waals surface area contributed by atoms with Gasteiger partial charge in [-0.2, -0.15) is 0 Å². The van der Waals surface area contributed by atoms with Crippen molar-refractivity contribution in [1.82, 2.24) is 10.3 Å². The molecule has 0 aliphatic carbocycles. The highest BCUT2D eigenvalue weighted by molar-refractivity contribution is 9.10. The SMILES string of the molecule is O=C(C=Cc1cc(Br)ccc1F)NCc1cccc(NC(=O)c2ccncc2)c1. The Morgan fingerprint density at radius 1 is 1.07 bits per heavy atom. The van der Waals surface area contributed by atoms with Gasteiger partial charge in [0.25, 0.3) is 5.91 Å². The number of pyridine rings is 1. The number of carbonyl (C=O) groups is 2. The maximum Gasteiger partial charge on any atom is 0.255 e. The lowest BCUT2D eigenvalue weighted by atomic mass is 10.1. The van der Waals surface area contributed by atoms with Crippen molar-refractivity contribution in [3.8, 4) is 0 Å². The van der Waals surface area contributed by atoms with Gasteiger partial charge in [-0.15, -0.1) is 0 Å². The second-order valence-corrected chi connectivity index (χ2v) is 7.02. The first-order chi connectivity index (χ1) is 14.0. The summed E-state index contributed by atoms with van der Waals surface area (Å²) in [7, 11) is 0. The molecule has 0 fully saturated rings. The minimum absolute atomic E-state index is 0.243. The number of carbonyl (C=O) groups excluding carboxylic acids is 2. The third-order valence-electron chi connectivity index (χ3n) is 3.97. The van der Waals surface area contributed by atoms with Crippen molar-refractivity contribution in [3.05, 3.63) is 100 Å². The first-order valence-electron chi connectivity index (χ1n) is 8.72. The number of hydrogen-bond acceptors (Lipinski definition) is 3. The molecule has 0 aliphatic rings. The number of nitrogens with one attached hydrogen (secondary N) is 2. The second kappa shape index (κ2) is 9.75. The summed E-state index contributed by atoms with van der Waals surface area (Å²) >= 11 is 3.27. The molecule has 5 nitrogen and oxygen atoms in total. The van der Waals surface area contributed by atoms with Crippen molar-refractivity contribution in [2.24, 2.45) is 0 Å². The summed E-state index contributed by atoms with van der Waals surface area (Å²) in [6, 6.07) is 14.9. The van der Waals surface area contributed by atoms with E-state index in [2.05, 4.69) is 31.5 Å². The monoisotopic (exact) mass is 453 g/mol. The number of halogens is 2. The molecule has 0 atom stereocenters. The van der Waals surface area contributed by atoms with Crippen LogP contribution in [0.15, 0.2) is 77.5 Å². The predicted molar refractivity (Wildman–Crippen MR) is 114 cm³/mol. The van der Waals surface area contributed by atoms with Crippen molar-refractivity contribution in [2.45, 2.75) is 6.54 Å². The Hall–Kier alpha value is -3.32. The van der Waals surface area contributed by atoms with Crippen LogP contribution in [0.25, 0.3) is 6.08 Å². The van der Waals surface area contributed by atoms with Crippen LogP contribution in [0.1, 0.15) is 21.5 Å². The van der Waals surface area contributed by atoms with E-state index >= 15 is 0 Å². The highest BCUT2D eigenvalue weighted by atomic mass is 79.9.